The van der Waals surface area contributed by atoms with Crippen LogP contribution in [0.2, 0.25) is 0 Å². The number of rotatable bonds is 5. The van der Waals surface area contributed by atoms with Gasteiger partial charge in [-0.15, -0.1) is 0 Å². The third-order valence-electron chi connectivity index (χ3n) is 4.45. The van der Waals surface area contributed by atoms with E-state index in [-0.39, 0.29) is 0 Å². The molecule has 5 nitrogen and oxygen atoms in total. The molecule has 0 unspecified atom stereocenters. The fourth-order valence-corrected chi connectivity index (χ4v) is 3.09. The Morgan fingerprint density at radius 1 is 1.00 bits per heavy atom. The molecule has 3 aromatic rings. The standard InChI is InChI=1S/C21H20N5/c1-26-20-12-19(22)17(14-24-13-15-5-3-2-4-6-15)11-18(20)21(25-26)16-7-9-23-10-8-16/h2-12,24H,1,13-14,22H2/q+1. The summed E-state index contributed by atoms with van der Waals surface area (Å²) in [6.07, 6.45) is 3.53. The van der Waals surface area contributed by atoms with Gasteiger partial charge in [0.2, 0.25) is 5.69 Å². The van der Waals surface area contributed by atoms with Gasteiger partial charge in [-0.3, -0.25) is 4.98 Å². The molecule has 0 saturated heterocycles. The highest BCUT2D eigenvalue weighted by atomic mass is 15.4. The number of pyridine rings is 1. The lowest BCUT2D eigenvalue weighted by atomic mass is 9.99. The first-order valence-corrected chi connectivity index (χ1v) is 8.49. The molecule has 0 spiro atoms. The van der Waals surface area contributed by atoms with Crippen LogP contribution in [0.25, 0.3) is 0 Å². The number of benzene rings is 2. The van der Waals surface area contributed by atoms with E-state index in [1.807, 2.05) is 36.4 Å². The molecule has 0 fully saturated rings. The first-order chi connectivity index (χ1) is 12.7. The number of nitrogens with two attached hydrogens (primary N) is 1. The molecule has 0 amide bonds. The summed E-state index contributed by atoms with van der Waals surface area (Å²) in [5.74, 6) is 0. The molecule has 5 heteroatoms. The van der Waals surface area contributed by atoms with Crippen LogP contribution in [-0.2, 0) is 13.1 Å². The second-order valence-corrected chi connectivity index (χ2v) is 6.24. The molecule has 1 aliphatic heterocycles. The van der Waals surface area contributed by atoms with Crippen LogP contribution in [0, 0.1) is 0 Å². The largest absolute Gasteiger partial charge is 0.398 e. The second kappa shape index (κ2) is 6.90. The summed E-state index contributed by atoms with van der Waals surface area (Å²) in [6.45, 7) is 5.47. The number of hydrazone groups is 1. The SMILES string of the molecule is C=[N+]1N=C(c2ccncc2)c2cc(CNCc3ccccc3)c(N)cc21. The van der Waals surface area contributed by atoms with Crippen molar-refractivity contribution in [1.82, 2.24) is 10.3 Å². The van der Waals surface area contributed by atoms with E-state index in [0.717, 1.165) is 40.3 Å². The number of hydrogen-bond donors (Lipinski definition) is 2. The van der Waals surface area contributed by atoms with Crippen LogP contribution < -0.4 is 11.1 Å². The Balaban J connectivity index is 1.59. The van der Waals surface area contributed by atoms with Crippen LogP contribution in [0.1, 0.15) is 22.3 Å². The lowest BCUT2D eigenvalue weighted by molar-refractivity contribution is -0.431. The van der Waals surface area contributed by atoms with E-state index in [4.69, 9.17) is 5.73 Å². The van der Waals surface area contributed by atoms with Crippen LogP contribution in [0.4, 0.5) is 11.4 Å². The van der Waals surface area contributed by atoms with Gasteiger partial charge in [0.1, 0.15) is 0 Å². The highest BCUT2D eigenvalue weighted by molar-refractivity contribution is 6.16. The molecule has 4 rings (SSSR count). The van der Waals surface area contributed by atoms with Crippen LogP contribution in [0.15, 0.2) is 72.1 Å². The predicted molar refractivity (Wildman–Crippen MR) is 105 cm³/mol. The number of hydrogen-bond acceptors (Lipinski definition) is 4. The fourth-order valence-electron chi connectivity index (χ4n) is 3.09. The minimum absolute atomic E-state index is 0.689. The monoisotopic (exact) mass is 342 g/mol. The van der Waals surface area contributed by atoms with Gasteiger partial charge < -0.3 is 11.1 Å². The van der Waals surface area contributed by atoms with Gasteiger partial charge in [0, 0.05) is 47.9 Å². The van der Waals surface area contributed by atoms with Gasteiger partial charge in [-0.2, -0.15) is 0 Å². The van der Waals surface area contributed by atoms with Crippen molar-refractivity contribution in [2.45, 2.75) is 13.1 Å². The van der Waals surface area contributed by atoms with Crippen molar-refractivity contribution >= 4 is 23.8 Å². The quantitative estimate of drug-likeness (QED) is 0.553. The fraction of sp³-hybridized carbons (Fsp3) is 0.0952. The number of nitrogen functional groups attached to an aromatic ring is 1. The van der Waals surface area contributed by atoms with Crippen LogP contribution in [0.5, 0.6) is 0 Å². The number of nitrogens with one attached hydrogen (secondary N) is 1. The van der Waals surface area contributed by atoms with Crippen molar-refractivity contribution in [3.8, 4) is 0 Å². The highest BCUT2D eigenvalue weighted by Crippen LogP contribution is 2.32. The minimum atomic E-state index is 0.689. The smallest absolute Gasteiger partial charge is 0.249 e. The van der Waals surface area contributed by atoms with Crippen LogP contribution >= 0.6 is 0 Å². The average Bonchev–Trinajstić information content (AvgIpc) is 2.99. The van der Waals surface area contributed by atoms with Crippen LogP contribution in [-0.4, -0.2) is 22.1 Å². The zero-order chi connectivity index (χ0) is 17.9. The Hall–Kier alpha value is -3.31. The number of anilines is 1. The summed E-state index contributed by atoms with van der Waals surface area (Å²) in [4.78, 5) is 4.08. The molecular weight excluding hydrogens is 322 g/mol. The maximum absolute atomic E-state index is 6.26. The molecule has 0 atom stereocenters. The number of nitrogens with zero attached hydrogens (tertiary/aromatic N) is 3. The Bertz CT molecular complexity index is 978. The second-order valence-electron chi connectivity index (χ2n) is 6.24. The molecule has 128 valence electrons. The molecular formula is C21H20N5+. The molecule has 1 aromatic heterocycles. The molecule has 0 radical (unpaired) electrons. The van der Waals surface area contributed by atoms with E-state index in [1.165, 1.54) is 5.56 Å². The molecule has 0 aliphatic carbocycles. The van der Waals surface area contributed by atoms with Crippen molar-refractivity contribution < 1.29 is 4.68 Å². The molecule has 26 heavy (non-hydrogen) atoms. The summed E-state index contributed by atoms with van der Waals surface area (Å²) in [5, 5.41) is 8.03. The first kappa shape index (κ1) is 16.2. The Morgan fingerprint density at radius 2 is 1.77 bits per heavy atom. The third-order valence-corrected chi connectivity index (χ3v) is 4.45. The van der Waals surface area contributed by atoms with Crippen molar-refractivity contribution in [3.05, 3.63) is 89.2 Å². The van der Waals surface area contributed by atoms with Crippen molar-refractivity contribution in [1.29, 1.82) is 0 Å². The van der Waals surface area contributed by atoms with Crippen LogP contribution in [0.3, 0.4) is 0 Å². The molecule has 0 saturated carbocycles. The maximum atomic E-state index is 6.26. The van der Waals surface area contributed by atoms with Gasteiger partial charge in [0.15, 0.2) is 12.4 Å². The van der Waals surface area contributed by atoms with Gasteiger partial charge in [0.25, 0.3) is 0 Å². The molecule has 2 aromatic carbocycles. The van der Waals surface area contributed by atoms with E-state index in [0.29, 0.717) is 6.54 Å². The maximum Gasteiger partial charge on any atom is 0.249 e. The summed E-state index contributed by atoms with van der Waals surface area (Å²) < 4.78 is 1.63. The predicted octanol–water partition coefficient (Wildman–Crippen LogP) is 3.06. The van der Waals surface area contributed by atoms with Crippen molar-refractivity contribution in [2.24, 2.45) is 5.10 Å². The average molecular weight is 342 g/mol. The Labute approximate surface area is 152 Å². The first-order valence-electron chi connectivity index (χ1n) is 8.49. The molecule has 3 N–H and O–H groups in total. The van der Waals surface area contributed by atoms with E-state index >= 15 is 0 Å². The van der Waals surface area contributed by atoms with Gasteiger partial charge in [-0.05, 0) is 29.3 Å². The van der Waals surface area contributed by atoms with Gasteiger partial charge in [-0.25, -0.2) is 0 Å². The molecule has 1 aliphatic rings. The van der Waals surface area contributed by atoms with Gasteiger partial charge in [-0.1, -0.05) is 35.0 Å². The van der Waals surface area contributed by atoms with Crippen molar-refractivity contribution in [2.75, 3.05) is 5.73 Å². The normalized spacial score (nSPS) is 12.8. The van der Waals surface area contributed by atoms with Gasteiger partial charge >= 0.3 is 0 Å². The molecule has 2 heterocycles. The minimum Gasteiger partial charge on any atom is -0.398 e. The number of aromatic nitrogens is 1. The summed E-state index contributed by atoms with van der Waals surface area (Å²) in [7, 11) is 0. The van der Waals surface area contributed by atoms with E-state index in [2.05, 4.69) is 40.3 Å². The summed E-state index contributed by atoms with van der Waals surface area (Å²) >= 11 is 0. The van der Waals surface area contributed by atoms with E-state index in [1.54, 1.807) is 17.1 Å². The zero-order valence-electron chi connectivity index (χ0n) is 14.4. The van der Waals surface area contributed by atoms with Crippen molar-refractivity contribution in [3.63, 3.8) is 0 Å². The lowest BCUT2D eigenvalue weighted by Crippen LogP contribution is -2.14. The lowest BCUT2D eigenvalue weighted by Gasteiger charge is -2.09. The molecule has 0 bridgehead atoms. The topological polar surface area (TPSA) is 66.3 Å². The highest BCUT2D eigenvalue weighted by Gasteiger charge is 2.29. The van der Waals surface area contributed by atoms with Gasteiger partial charge in [0.05, 0.1) is 5.56 Å². The Kier molecular flexibility index (Phi) is 4.29. The van der Waals surface area contributed by atoms with E-state index in [9.17, 15) is 0 Å². The third kappa shape index (κ3) is 3.12. The Morgan fingerprint density at radius 3 is 2.54 bits per heavy atom. The summed E-state index contributed by atoms with van der Waals surface area (Å²) in [5.41, 5.74) is 13.2. The summed E-state index contributed by atoms with van der Waals surface area (Å²) in [6, 6.07) is 18.3. The van der Waals surface area contributed by atoms with E-state index < -0.39 is 0 Å². The zero-order valence-corrected chi connectivity index (χ0v) is 14.4. The number of fused-ring (bicyclic) bond motifs is 1.